The molecule has 0 unspecified atom stereocenters. The maximum atomic E-state index is 14.2. The molecule has 236 valence electrons. The Labute approximate surface area is 265 Å². The minimum absolute atomic E-state index is 0.0188. The van der Waals surface area contributed by atoms with Crippen molar-refractivity contribution in [2.24, 2.45) is 0 Å². The van der Waals surface area contributed by atoms with Crippen LogP contribution in [-0.2, 0) is 26.2 Å². The molecule has 44 heavy (non-hydrogen) atoms. The van der Waals surface area contributed by atoms with Crippen molar-refractivity contribution in [1.82, 2.24) is 10.2 Å². The van der Waals surface area contributed by atoms with Crippen molar-refractivity contribution in [3.63, 3.8) is 0 Å². The minimum Gasteiger partial charge on any atom is -0.497 e. The molecule has 0 spiro atoms. The van der Waals surface area contributed by atoms with E-state index in [4.69, 9.17) is 21.1 Å². The van der Waals surface area contributed by atoms with Crippen molar-refractivity contribution in [3.05, 3.63) is 82.9 Å². The van der Waals surface area contributed by atoms with Crippen molar-refractivity contribution in [1.29, 1.82) is 0 Å². The monoisotopic (exact) mass is 641 g/mol. The third-order valence-electron chi connectivity index (χ3n) is 7.92. The number of rotatable bonds is 12. The van der Waals surface area contributed by atoms with Crippen LogP contribution < -0.4 is 19.1 Å². The smallest absolute Gasteiger partial charge is 0.264 e. The van der Waals surface area contributed by atoms with E-state index in [0.717, 1.165) is 47.5 Å². The number of hydrogen-bond acceptors (Lipinski definition) is 6. The lowest BCUT2D eigenvalue weighted by molar-refractivity contribution is -0.139. The number of carbonyl (C=O) groups excluding carboxylic acids is 2. The number of nitrogens with zero attached hydrogens (tertiary/aromatic N) is 2. The van der Waals surface area contributed by atoms with Crippen LogP contribution in [0.4, 0.5) is 5.69 Å². The number of carbonyl (C=O) groups is 2. The van der Waals surface area contributed by atoms with E-state index in [1.165, 1.54) is 36.3 Å². The lowest BCUT2D eigenvalue weighted by atomic mass is 9.95. The van der Waals surface area contributed by atoms with Gasteiger partial charge >= 0.3 is 0 Å². The zero-order valence-corrected chi connectivity index (χ0v) is 27.2. The molecular formula is C33H40ClN3O6S. The number of aryl methyl sites for hydroxylation is 1. The molecular weight excluding hydrogens is 602 g/mol. The van der Waals surface area contributed by atoms with Gasteiger partial charge in [-0.25, -0.2) is 8.42 Å². The number of ether oxygens (including phenoxy) is 2. The van der Waals surface area contributed by atoms with Gasteiger partial charge in [0.25, 0.3) is 10.0 Å². The van der Waals surface area contributed by atoms with Gasteiger partial charge in [-0.05, 0) is 74.7 Å². The predicted octanol–water partition coefficient (Wildman–Crippen LogP) is 5.73. The first-order chi connectivity index (χ1) is 21.0. The van der Waals surface area contributed by atoms with Gasteiger partial charge in [-0.15, -0.1) is 0 Å². The van der Waals surface area contributed by atoms with Crippen LogP contribution in [0.5, 0.6) is 11.5 Å². The predicted molar refractivity (Wildman–Crippen MR) is 172 cm³/mol. The maximum absolute atomic E-state index is 14.2. The van der Waals surface area contributed by atoms with E-state index < -0.39 is 28.5 Å². The third-order valence-corrected chi connectivity index (χ3v) is 10.0. The van der Waals surface area contributed by atoms with Crippen LogP contribution in [0, 0.1) is 6.92 Å². The van der Waals surface area contributed by atoms with E-state index in [2.05, 4.69) is 5.32 Å². The summed E-state index contributed by atoms with van der Waals surface area (Å²) in [5, 5.41) is 3.30. The molecule has 1 fully saturated rings. The van der Waals surface area contributed by atoms with Gasteiger partial charge < -0.3 is 19.7 Å². The maximum Gasteiger partial charge on any atom is 0.264 e. The van der Waals surface area contributed by atoms with E-state index in [9.17, 15) is 18.0 Å². The molecule has 1 saturated carbocycles. The average Bonchev–Trinajstić information content (AvgIpc) is 3.02. The summed E-state index contributed by atoms with van der Waals surface area (Å²) in [4.78, 5) is 29.1. The van der Waals surface area contributed by atoms with Crippen molar-refractivity contribution < 1.29 is 27.5 Å². The van der Waals surface area contributed by atoms with Crippen LogP contribution in [0.2, 0.25) is 5.02 Å². The van der Waals surface area contributed by atoms with Crippen LogP contribution in [0.25, 0.3) is 0 Å². The summed E-state index contributed by atoms with van der Waals surface area (Å²) in [6, 6.07) is 17.3. The normalized spacial score (nSPS) is 14.4. The number of nitrogens with one attached hydrogen (secondary N) is 1. The van der Waals surface area contributed by atoms with Crippen molar-refractivity contribution in [2.75, 3.05) is 25.1 Å². The topological polar surface area (TPSA) is 105 Å². The molecule has 4 rings (SSSR count). The Hall–Kier alpha value is -3.76. The Morgan fingerprint density at radius 1 is 0.977 bits per heavy atom. The summed E-state index contributed by atoms with van der Waals surface area (Å²) < 4.78 is 39.8. The molecule has 2 amide bonds. The fourth-order valence-electron chi connectivity index (χ4n) is 5.30. The summed E-state index contributed by atoms with van der Waals surface area (Å²) in [6.45, 7) is 3.03. The quantitative estimate of drug-likeness (QED) is 0.271. The zero-order chi connectivity index (χ0) is 31.9. The van der Waals surface area contributed by atoms with Gasteiger partial charge in [0.15, 0.2) is 0 Å². The first kappa shape index (κ1) is 33.1. The molecule has 3 aromatic rings. The first-order valence-electron chi connectivity index (χ1n) is 14.7. The molecule has 0 saturated heterocycles. The largest absolute Gasteiger partial charge is 0.497 e. The van der Waals surface area contributed by atoms with Crippen LogP contribution in [-0.4, -0.2) is 58.0 Å². The lowest BCUT2D eigenvalue weighted by Gasteiger charge is -2.33. The van der Waals surface area contributed by atoms with Gasteiger partial charge in [0.1, 0.15) is 24.1 Å². The van der Waals surface area contributed by atoms with E-state index >= 15 is 0 Å². The lowest BCUT2D eigenvalue weighted by Crippen LogP contribution is -2.53. The van der Waals surface area contributed by atoms with Gasteiger partial charge in [0.05, 0.1) is 29.8 Å². The van der Waals surface area contributed by atoms with Crippen molar-refractivity contribution >= 4 is 39.1 Å². The van der Waals surface area contributed by atoms with Crippen LogP contribution >= 0.6 is 11.6 Å². The molecule has 0 aromatic heterocycles. The fourth-order valence-corrected chi connectivity index (χ4v) is 6.95. The van der Waals surface area contributed by atoms with Gasteiger partial charge in [0, 0.05) is 12.6 Å². The number of amides is 2. The first-order valence-corrected chi connectivity index (χ1v) is 16.5. The summed E-state index contributed by atoms with van der Waals surface area (Å²) in [6.07, 6.45) is 5.01. The molecule has 9 nitrogen and oxygen atoms in total. The Bertz CT molecular complexity index is 1560. The number of methoxy groups -OCH3 is 2. The highest BCUT2D eigenvalue weighted by molar-refractivity contribution is 7.92. The van der Waals surface area contributed by atoms with Crippen molar-refractivity contribution in [2.45, 2.75) is 69.5 Å². The van der Waals surface area contributed by atoms with Crippen LogP contribution in [0.1, 0.15) is 50.2 Å². The second-order valence-corrected chi connectivity index (χ2v) is 13.3. The van der Waals surface area contributed by atoms with Gasteiger partial charge in [-0.1, -0.05) is 60.7 Å². The molecule has 11 heteroatoms. The van der Waals surface area contributed by atoms with Crippen LogP contribution in [0.15, 0.2) is 71.6 Å². The van der Waals surface area contributed by atoms with E-state index in [-0.39, 0.29) is 34.1 Å². The number of anilines is 1. The molecule has 3 aromatic carbocycles. The average molecular weight is 642 g/mol. The number of benzene rings is 3. The Morgan fingerprint density at radius 3 is 2.32 bits per heavy atom. The Balaban J connectivity index is 1.71. The zero-order valence-electron chi connectivity index (χ0n) is 25.6. The van der Waals surface area contributed by atoms with Crippen molar-refractivity contribution in [3.8, 4) is 11.5 Å². The molecule has 0 aliphatic heterocycles. The van der Waals surface area contributed by atoms with Crippen LogP contribution in [0.3, 0.4) is 0 Å². The van der Waals surface area contributed by atoms with E-state index in [1.807, 2.05) is 13.0 Å². The summed E-state index contributed by atoms with van der Waals surface area (Å²) in [5.41, 5.74) is 1.81. The summed E-state index contributed by atoms with van der Waals surface area (Å²) >= 11 is 6.40. The summed E-state index contributed by atoms with van der Waals surface area (Å²) in [7, 11) is -1.21. The van der Waals surface area contributed by atoms with E-state index in [1.54, 1.807) is 50.4 Å². The molecule has 0 bridgehead atoms. The van der Waals surface area contributed by atoms with Gasteiger partial charge in [-0.3, -0.25) is 13.9 Å². The third kappa shape index (κ3) is 8.04. The molecule has 1 aliphatic rings. The Morgan fingerprint density at radius 2 is 1.68 bits per heavy atom. The second-order valence-electron chi connectivity index (χ2n) is 11.0. The highest BCUT2D eigenvalue weighted by Gasteiger charge is 2.33. The van der Waals surface area contributed by atoms with E-state index in [0.29, 0.717) is 11.5 Å². The fraction of sp³-hybridized carbons (Fsp3) is 0.394. The SMILES string of the molecule is COc1cccc(CN(C(=O)CN(c2ccc(OC)c(Cl)c2)S(=O)(=O)c2ccc(C)cc2)[C@H](C)C(=O)NC2CCCCC2)c1. The molecule has 0 heterocycles. The molecule has 1 N–H and O–H groups in total. The number of sulfonamides is 1. The number of halogens is 1. The van der Waals surface area contributed by atoms with Gasteiger partial charge in [-0.2, -0.15) is 0 Å². The van der Waals surface area contributed by atoms with Gasteiger partial charge in [0.2, 0.25) is 11.8 Å². The second kappa shape index (κ2) is 14.8. The molecule has 1 aliphatic carbocycles. The highest BCUT2D eigenvalue weighted by atomic mass is 35.5. The molecule has 0 radical (unpaired) electrons. The summed E-state index contributed by atoms with van der Waals surface area (Å²) in [5.74, 6) is 0.128. The molecule has 1 atom stereocenters. The Kier molecular flexibility index (Phi) is 11.2. The standard InChI is InChI=1S/C33H40ClN3O6S/c1-23-13-16-29(17-14-23)44(40,41)37(27-15-18-31(43-4)30(34)20-27)22-32(38)36(21-25-9-8-12-28(19-25)42-3)24(2)33(39)35-26-10-6-5-7-11-26/h8-9,12-20,24,26H,5-7,10-11,21-22H2,1-4H3,(H,35,39)/t24-/m1/s1. The number of hydrogen-bond donors (Lipinski definition) is 1. The minimum atomic E-state index is -4.22. The highest BCUT2D eigenvalue weighted by Crippen LogP contribution is 2.32.